The van der Waals surface area contributed by atoms with Gasteiger partial charge in [0.25, 0.3) is 10.0 Å². The summed E-state index contributed by atoms with van der Waals surface area (Å²) in [5, 5.41) is 0. The maximum atomic E-state index is 13.2. The second-order valence-corrected chi connectivity index (χ2v) is 11.1. The standard InChI is InChI=1S/C22H29N3O6S2/c1-5-24(6-2)33(29,30)19-9-11-22(31-7-3)20(15-19)23-32(27,28)18-8-10-21-17(14-18)12-13-25(21)16(4)26/h8-11,14-15,23H,5-7,12-13H2,1-4H3. The maximum absolute atomic E-state index is 13.2. The van der Waals surface area contributed by atoms with Crippen LogP contribution in [0, 0.1) is 0 Å². The minimum absolute atomic E-state index is 0.0195. The summed E-state index contributed by atoms with van der Waals surface area (Å²) < 4.78 is 61.5. The molecule has 0 atom stereocenters. The number of anilines is 2. The predicted octanol–water partition coefficient (Wildman–Crippen LogP) is 2.83. The number of nitrogens with zero attached hydrogens (tertiary/aromatic N) is 2. The smallest absolute Gasteiger partial charge is 0.262 e. The number of hydrogen-bond donors (Lipinski definition) is 1. The van der Waals surface area contributed by atoms with Crippen molar-refractivity contribution in [2.24, 2.45) is 0 Å². The van der Waals surface area contributed by atoms with Gasteiger partial charge in [0.2, 0.25) is 15.9 Å². The molecule has 0 spiro atoms. The Kier molecular flexibility index (Phi) is 7.35. The molecule has 0 aromatic heterocycles. The van der Waals surface area contributed by atoms with Gasteiger partial charge < -0.3 is 9.64 Å². The molecule has 1 N–H and O–H groups in total. The summed E-state index contributed by atoms with van der Waals surface area (Å²) in [6, 6.07) is 8.72. The molecule has 1 aliphatic rings. The number of hydrogen-bond acceptors (Lipinski definition) is 6. The molecule has 11 heteroatoms. The van der Waals surface area contributed by atoms with Gasteiger partial charge in [-0.3, -0.25) is 9.52 Å². The van der Waals surface area contributed by atoms with Gasteiger partial charge in [-0.15, -0.1) is 0 Å². The first kappa shape index (κ1) is 25.0. The van der Waals surface area contributed by atoms with E-state index in [4.69, 9.17) is 4.74 Å². The Hall–Kier alpha value is -2.63. The molecule has 2 aromatic rings. The fraction of sp³-hybridized carbons (Fsp3) is 0.409. The lowest BCUT2D eigenvalue weighted by Crippen LogP contribution is -2.30. The SMILES string of the molecule is CCOc1ccc(S(=O)(=O)N(CC)CC)cc1NS(=O)(=O)c1ccc2c(c1)CCN2C(C)=O. The number of carbonyl (C=O) groups excluding carboxylic acids is 1. The molecular formula is C22H29N3O6S2. The third kappa shape index (κ3) is 4.99. The zero-order valence-corrected chi connectivity index (χ0v) is 20.8. The average Bonchev–Trinajstić information content (AvgIpc) is 3.19. The highest BCUT2D eigenvalue weighted by Gasteiger charge is 2.27. The average molecular weight is 496 g/mol. The Morgan fingerprint density at radius 2 is 1.70 bits per heavy atom. The van der Waals surface area contributed by atoms with Gasteiger partial charge in [-0.25, -0.2) is 16.8 Å². The lowest BCUT2D eigenvalue weighted by atomic mass is 10.2. The number of sulfonamides is 2. The Bertz CT molecular complexity index is 1250. The van der Waals surface area contributed by atoms with Crippen LogP contribution in [-0.2, 0) is 31.3 Å². The number of fused-ring (bicyclic) bond motifs is 1. The summed E-state index contributed by atoms with van der Waals surface area (Å²) in [6.45, 7) is 8.05. The van der Waals surface area contributed by atoms with Crippen LogP contribution in [0.4, 0.5) is 11.4 Å². The molecule has 0 fully saturated rings. The second kappa shape index (κ2) is 9.70. The summed E-state index contributed by atoms with van der Waals surface area (Å²) in [5.41, 5.74) is 1.50. The number of rotatable bonds is 9. The first-order valence-electron chi connectivity index (χ1n) is 10.8. The van der Waals surface area contributed by atoms with Crippen molar-refractivity contribution in [1.29, 1.82) is 0 Å². The topological polar surface area (TPSA) is 113 Å². The van der Waals surface area contributed by atoms with E-state index in [0.717, 1.165) is 5.56 Å². The molecular weight excluding hydrogens is 466 g/mol. The first-order chi connectivity index (χ1) is 15.5. The maximum Gasteiger partial charge on any atom is 0.262 e. The van der Waals surface area contributed by atoms with Crippen molar-refractivity contribution in [2.75, 3.05) is 35.9 Å². The lowest BCUT2D eigenvalue weighted by molar-refractivity contribution is -0.116. The van der Waals surface area contributed by atoms with Gasteiger partial charge in [0.15, 0.2) is 0 Å². The predicted molar refractivity (Wildman–Crippen MR) is 127 cm³/mol. The van der Waals surface area contributed by atoms with Crippen molar-refractivity contribution < 1.29 is 26.4 Å². The van der Waals surface area contributed by atoms with Crippen molar-refractivity contribution in [1.82, 2.24) is 4.31 Å². The van der Waals surface area contributed by atoms with Crippen LogP contribution in [0.1, 0.15) is 33.3 Å². The van der Waals surface area contributed by atoms with E-state index in [1.54, 1.807) is 31.7 Å². The number of carbonyl (C=O) groups is 1. The molecule has 9 nitrogen and oxygen atoms in total. The molecule has 0 bridgehead atoms. The lowest BCUT2D eigenvalue weighted by Gasteiger charge is -2.20. The molecule has 180 valence electrons. The van der Waals surface area contributed by atoms with Gasteiger partial charge in [-0.05, 0) is 55.3 Å². The van der Waals surface area contributed by atoms with Gasteiger partial charge in [-0.1, -0.05) is 13.8 Å². The van der Waals surface area contributed by atoms with Gasteiger partial charge in [0.1, 0.15) is 5.75 Å². The fourth-order valence-electron chi connectivity index (χ4n) is 3.82. The molecule has 2 aromatic carbocycles. The molecule has 3 rings (SSSR count). The molecule has 0 saturated heterocycles. The summed E-state index contributed by atoms with van der Waals surface area (Å²) >= 11 is 0. The van der Waals surface area contributed by atoms with Crippen LogP contribution in [0.3, 0.4) is 0 Å². The molecule has 0 unspecified atom stereocenters. The summed E-state index contributed by atoms with van der Waals surface area (Å²) in [6.07, 6.45) is 0.556. The quantitative estimate of drug-likeness (QED) is 0.572. The highest BCUT2D eigenvalue weighted by atomic mass is 32.2. The van der Waals surface area contributed by atoms with Gasteiger partial charge in [0.05, 0.1) is 22.1 Å². The number of ether oxygens (including phenoxy) is 1. The molecule has 1 amide bonds. The Labute approximate surface area is 195 Å². The summed E-state index contributed by atoms with van der Waals surface area (Å²) in [7, 11) is -7.84. The first-order valence-corrected chi connectivity index (χ1v) is 13.7. The van der Waals surface area contributed by atoms with E-state index in [9.17, 15) is 21.6 Å². The highest BCUT2D eigenvalue weighted by molar-refractivity contribution is 7.92. The van der Waals surface area contributed by atoms with E-state index in [1.165, 1.54) is 41.6 Å². The van der Waals surface area contributed by atoms with Crippen LogP contribution in [0.5, 0.6) is 5.75 Å². The third-order valence-electron chi connectivity index (χ3n) is 5.48. The van der Waals surface area contributed by atoms with Gasteiger partial charge in [-0.2, -0.15) is 4.31 Å². The molecule has 33 heavy (non-hydrogen) atoms. The summed E-state index contributed by atoms with van der Waals surface area (Å²) in [4.78, 5) is 13.4. The van der Waals surface area contributed by atoms with E-state index >= 15 is 0 Å². The molecule has 1 aliphatic heterocycles. The summed E-state index contributed by atoms with van der Waals surface area (Å²) in [5.74, 6) is 0.124. The largest absolute Gasteiger partial charge is 0.492 e. The number of benzene rings is 2. The van der Waals surface area contributed by atoms with Crippen LogP contribution in [0.15, 0.2) is 46.2 Å². The van der Waals surface area contributed by atoms with E-state index in [2.05, 4.69) is 4.72 Å². The molecule has 0 radical (unpaired) electrons. The van der Waals surface area contributed by atoms with E-state index in [-0.39, 0.29) is 33.7 Å². The number of amides is 1. The van der Waals surface area contributed by atoms with Crippen LogP contribution < -0.4 is 14.4 Å². The number of nitrogens with one attached hydrogen (secondary N) is 1. The fourth-order valence-corrected chi connectivity index (χ4v) is 6.42. The van der Waals surface area contributed by atoms with Gasteiger partial charge >= 0.3 is 0 Å². The zero-order valence-electron chi connectivity index (χ0n) is 19.2. The van der Waals surface area contributed by atoms with Crippen molar-refractivity contribution >= 4 is 37.3 Å². The highest BCUT2D eigenvalue weighted by Crippen LogP contribution is 2.33. The van der Waals surface area contributed by atoms with Crippen molar-refractivity contribution in [2.45, 2.75) is 43.9 Å². The minimum atomic E-state index is -4.05. The minimum Gasteiger partial charge on any atom is -0.492 e. The van der Waals surface area contributed by atoms with E-state index < -0.39 is 20.0 Å². The van der Waals surface area contributed by atoms with Crippen LogP contribution in [0.25, 0.3) is 0 Å². The Morgan fingerprint density at radius 3 is 2.30 bits per heavy atom. The normalized spacial score (nSPS) is 13.8. The monoisotopic (exact) mass is 495 g/mol. The Morgan fingerprint density at radius 1 is 1.03 bits per heavy atom. The molecule has 0 saturated carbocycles. The van der Waals surface area contributed by atoms with E-state index in [1.807, 2.05) is 0 Å². The molecule has 1 heterocycles. The Balaban J connectivity index is 2.00. The van der Waals surface area contributed by atoms with Crippen LogP contribution >= 0.6 is 0 Å². The zero-order chi connectivity index (χ0) is 24.4. The second-order valence-electron chi connectivity index (χ2n) is 7.50. The van der Waals surface area contributed by atoms with Crippen molar-refractivity contribution in [3.05, 3.63) is 42.0 Å². The van der Waals surface area contributed by atoms with E-state index in [0.29, 0.717) is 31.7 Å². The van der Waals surface area contributed by atoms with Crippen LogP contribution in [-0.4, -0.2) is 53.3 Å². The van der Waals surface area contributed by atoms with Crippen molar-refractivity contribution in [3.8, 4) is 5.75 Å². The molecule has 0 aliphatic carbocycles. The van der Waals surface area contributed by atoms with Crippen LogP contribution in [0.2, 0.25) is 0 Å². The third-order valence-corrected chi connectivity index (χ3v) is 8.88. The van der Waals surface area contributed by atoms with Gasteiger partial charge in [0, 0.05) is 32.2 Å². The van der Waals surface area contributed by atoms with Crippen molar-refractivity contribution in [3.63, 3.8) is 0 Å².